The van der Waals surface area contributed by atoms with E-state index in [2.05, 4.69) is 15.6 Å². The van der Waals surface area contributed by atoms with Gasteiger partial charge in [0.1, 0.15) is 11.9 Å². The first-order chi connectivity index (χ1) is 17.9. The summed E-state index contributed by atoms with van der Waals surface area (Å²) in [4.78, 5) is 31.3. The molecule has 1 aromatic heterocycles. The van der Waals surface area contributed by atoms with Gasteiger partial charge in [0.25, 0.3) is 5.91 Å². The lowest BCUT2D eigenvalue weighted by Crippen LogP contribution is -2.63. The molecule has 1 saturated carbocycles. The van der Waals surface area contributed by atoms with Crippen LogP contribution < -0.4 is 20.3 Å². The lowest BCUT2D eigenvalue weighted by atomic mass is 9.51. The number of nitrogens with one attached hydrogen (secondary N) is 2. The molecule has 13 heteroatoms. The molecule has 5 rings (SSSR count). The molecule has 0 spiro atoms. The van der Waals surface area contributed by atoms with E-state index < -0.39 is 52.5 Å². The quantitative estimate of drug-likeness (QED) is 0.564. The molecule has 3 heterocycles. The van der Waals surface area contributed by atoms with Gasteiger partial charge in [-0.25, -0.2) is 9.37 Å². The van der Waals surface area contributed by atoms with Gasteiger partial charge in [-0.1, -0.05) is 13.0 Å². The molecule has 1 aromatic carbocycles. The molecule has 0 unspecified atom stereocenters. The normalized spacial score (nSPS) is 29.0. The SMILES string of the molecule is COc1c([C@H]2[C@H](C(=O)Nc3ccnc(N4CCNCC4=O)c3)O[C@]3(C(F)(F)F)CC[C@]23C)ccc(F)c1F. The summed E-state index contributed by atoms with van der Waals surface area (Å²) in [7, 11) is 1.07. The fourth-order valence-corrected chi connectivity index (χ4v) is 5.91. The molecule has 4 atom stereocenters. The summed E-state index contributed by atoms with van der Waals surface area (Å²) < 4.78 is 82.4. The van der Waals surface area contributed by atoms with E-state index >= 15 is 0 Å². The molecule has 2 saturated heterocycles. The first kappa shape index (κ1) is 26.3. The highest BCUT2D eigenvalue weighted by Gasteiger charge is 2.80. The predicted octanol–water partition coefficient (Wildman–Crippen LogP) is 3.53. The smallest absolute Gasteiger partial charge is 0.418 e. The number of carbonyl (C=O) groups excluding carboxylic acids is 2. The Labute approximate surface area is 214 Å². The van der Waals surface area contributed by atoms with Gasteiger partial charge in [0.15, 0.2) is 17.2 Å². The number of halogens is 5. The first-order valence-electron chi connectivity index (χ1n) is 12.0. The Morgan fingerprint density at radius 3 is 2.66 bits per heavy atom. The van der Waals surface area contributed by atoms with E-state index in [1.807, 2.05) is 0 Å². The molecular formula is C25H25F5N4O4. The number of pyridine rings is 1. The first-order valence-corrected chi connectivity index (χ1v) is 12.0. The number of hydrogen-bond donors (Lipinski definition) is 2. The highest BCUT2D eigenvalue weighted by Crippen LogP contribution is 2.71. The second kappa shape index (κ2) is 9.16. The zero-order valence-electron chi connectivity index (χ0n) is 20.5. The van der Waals surface area contributed by atoms with Crippen LogP contribution >= 0.6 is 0 Å². The molecule has 3 fully saturated rings. The van der Waals surface area contributed by atoms with Gasteiger partial charge in [0.05, 0.1) is 13.7 Å². The molecule has 2 N–H and O–H groups in total. The van der Waals surface area contributed by atoms with Crippen molar-refractivity contribution < 1.29 is 41.0 Å². The van der Waals surface area contributed by atoms with Gasteiger partial charge >= 0.3 is 6.18 Å². The topological polar surface area (TPSA) is 92.8 Å². The summed E-state index contributed by atoms with van der Waals surface area (Å²) in [5.74, 6) is -5.36. The number of rotatable bonds is 5. The second-order valence-corrected chi connectivity index (χ2v) is 9.86. The van der Waals surface area contributed by atoms with Crippen molar-refractivity contribution in [2.75, 3.05) is 37.0 Å². The number of fused-ring (bicyclic) bond motifs is 1. The number of piperazine rings is 1. The number of amides is 2. The minimum atomic E-state index is -4.83. The molecule has 1 aliphatic carbocycles. The van der Waals surface area contributed by atoms with Crippen molar-refractivity contribution in [2.45, 2.75) is 43.6 Å². The van der Waals surface area contributed by atoms with Crippen molar-refractivity contribution >= 4 is 23.3 Å². The minimum Gasteiger partial charge on any atom is -0.493 e. The van der Waals surface area contributed by atoms with Crippen LogP contribution in [0.4, 0.5) is 33.5 Å². The largest absolute Gasteiger partial charge is 0.493 e. The van der Waals surface area contributed by atoms with Gasteiger partial charge in [0.2, 0.25) is 11.7 Å². The highest BCUT2D eigenvalue weighted by molar-refractivity contribution is 5.98. The number of aromatic nitrogens is 1. The maximum absolute atomic E-state index is 14.6. The van der Waals surface area contributed by atoms with Crippen LogP contribution in [0, 0.1) is 17.0 Å². The average Bonchev–Trinajstić information content (AvgIpc) is 3.05. The Kier molecular flexibility index (Phi) is 6.33. The van der Waals surface area contributed by atoms with Crippen LogP contribution in [-0.4, -0.2) is 61.4 Å². The molecule has 2 aliphatic heterocycles. The lowest BCUT2D eigenvalue weighted by Gasteiger charge is -2.54. The minimum absolute atomic E-state index is 0.0353. The van der Waals surface area contributed by atoms with Crippen LogP contribution in [-0.2, 0) is 14.3 Å². The van der Waals surface area contributed by atoms with Crippen LogP contribution in [0.1, 0.15) is 31.2 Å². The second-order valence-electron chi connectivity index (χ2n) is 9.86. The Bertz CT molecular complexity index is 1290. The van der Waals surface area contributed by atoms with Crippen molar-refractivity contribution in [2.24, 2.45) is 5.41 Å². The monoisotopic (exact) mass is 540 g/mol. The zero-order chi connectivity index (χ0) is 27.5. The van der Waals surface area contributed by atoms with E-state index in [-0.39, 0.29) is 42.4 Å². The fourth-order valence-electron chi connectivity index (χ4n) is 5.91. The Morgan fingerprint density at radius 2 is 2.03 bits per heavy atom. The van der Waals surface area contributed by atoms with Gasteiger partial charge in [0, 0.05) is 47.9 Å². The molecule has 2 amide bonds. The number of anilines is 2. The Morgan fingerprint density at radius 1 is 1.26 bits per heavy atom. The van der Waals surface area contributed by atoms with Gasteiger partial charge in [-0.3, -0.25) is 14.5 Å². The molecule has 3 aliphatic rings. The molecule has 8 nitrogen and oxygen atoms in total. The van der Waals surface area contributed by atoms with Crippen LogP contribution in [0.25, 0.3) is 0 Å². The summed E-state index contributed by atoms with van der Waals surface area (Å²) in [5, 5.41) is 5.49. The maximum Gasteiger partial charge on any atom is 0.418 e. The molecule has 0 radical (unpaired) electrons. The maximum atomic E-state index is 14.6. The van der Waals surface area contributed by atoms with Gasteiger partial charge in [-0.15, -0.1) is 0 Å². The summed E-state index contributed by atoms with van der Waals surface area (Å²) >= 11 is 0. The number of methoxy groups -OCH3 is 1. The number of nitrogens with zero attached hydrogens (tertiary/aromatic N) is 2. The fraction of sp³-hybridized carbons (Fsp3) is 0.480. The zero-order valence-corrected chi connectivity index (χ0v) is 20.5. The van der Waals surface area contributed by atoms with E-state index in [9.17, 15) is 31.5 Å². The predicted molar refractivity (Wildman–Crippen MR) is 125 cm³/mol. The van der Waals surface area contributed by atoms with Gasteiger partial charge in [-0.05, 0) is 25.0 Å². The van der Waals surface area contributed by atoms with E-state index in [1.165, 1.54) is 30.2 Å². The standard InChI is InChI=1S/C25H25F5N4O4/c1-23-6-7-24(23,25(28,29)30)38-21(18(23)14-3-4-15(26)19(27)20(14)37-2)22(36)33-13-5-8-32-16(11-13)34-10-9-31-12-17(34)35/h3-5,8,11,18,21,31H,6-7,9-10,12H2,1-2H3,(H,32,33,36)/t18-,21+,23+,24+/m0/s1. The third-order valence-corrected chi connectivity index (χ3v) is 7.95. The van der Waals surface area contributed by atoms with Crippen molar-refractivity contribution in [1.82, 2.24) is 10.3 Å². The Balaban J connectivity index is 1.52. The number of carbonyl (C=O) groups is 2. The van der Waals surface area contributed by atoms with E-state index in [0.29, 0.717) is 13.1 Å². The van der Waals surface area contributed by atoms with Crippen LogP contribution in [0.3, 0.4) is 0 Å². The molecular weight excluding hydrogens is 515 g/mol. The number of hydrogen-bond acceptors (Lipinski definition) is 6. The number of ether oxygens (including phenoxy) is 2. The summed E-state index contributed by atoms with van der Waals surface area (Å²) in [6, 6.07) is 4.77. The summed E-state index contributed by atoms with van der Waals surface area (Å²) in [6.45, 7) is 2.34. The number of benzene rings is 1. The van der Waals surface area contributed by atoms with Crippen LogP contribution in [0.2, 0.25) is 0 Å². The van der Waals surface area contributed by atoms with Crippen molar-refractivity contribution in [3.8, 4) is 5.75 Å². The molecule has 0 bridgehead atoms. The van der Waals surface area contributed by atoms with E-state index in [4.69, 9.17) is 9.47 Å². The van der Waals surface area contributed by atoms with Crippen LogP contribution in [0.15, 0.2) is 30.5 Å². The summed E-state index contributed by atoms with van der Waals surface area (Å²) in [5.41, 5.74) is -4.22. The third-order valence-electron chi connectivity index (χ3n) is 7.95. The summed E-state index contributed by atoms with van der Waals surface area (Å²) in [6.07, 6.45) is -5.53. The van der Waals surface area contributed by atoms with Gasteiger partial charge in [-0.2, -0.15) is 17.6 Å². The lowest BCUT2D eigenvalue weighted by molar-refractivity contribution is -0.328. The molecule has 38 heavy (non-hydrogen) atoms. The average molecular weight is 540 g/mol. The Hall–Kier alpha value is -3.32. The molecule has 204 valence electrons. The number of alkyl halides is 3. The van der Waals surface area contributed by atoms with Crippen molar-refractivity contribution in [3.05, 3.63) is 47.7 Å². The molecule has 2 aromatic rings. The van der Waals surface area contributed by atoms with E-state index in [1.54, 1.807) is 0 Å². The van der Waals surface area contributed by atoms with E-state index in [0.717, 1.165) is 19.2 Å². The third kappa shape index (κ3) is 3.82. The van der Waals surface area contributed by atoms with Crippen molar-refractivity contribution in [1.29, 1.82) is 0 Å². The van der Waals surface area contributed by atoms with Crippen molar-refractivity contribution in [3.63, 3.8) is 0 Å². The van der Waals surface area contributed by atoms with Crippen LogP contribution in [0.5, 0.6) is 5.75 Å². The highest BCUT2D eigenvalue weighted by atomic mass is 19.4. The van der Waals surface area contributed by atoms with Gasteiger partial charge < -0.3 is 20.1 Å².